The monoisotopic (exact) mass is 419 g/mol. The van der Waals surface area contributed by atoms with Gasteiger partial charge in [0.05, 0.1) is 5.92 Å². The highest BCUT2D eigenvalue weighted by molar-refractivity contribution is 6.30. The molecular weight excluding hydrogens is 398 g/mol. The van der Waals surface area contributed by atoms with Crippen LogP contribution >= 0.6 is 11.6 Å². The standard InChI is InChI=1S/C25H22ClNO3/c1-15-7-9-16(10-8-15)20-21(24(28)18-5-3-2-4-6-18)22(27-23(20)25(29)30)17-11-13-19(26)14-12-17/h2-14,20-23,27H,1H3,(H,29,30). The van der Waals surface area contributed by atoms with E-state index >= 15 is 0 Å². The van der Waals surface area contributed by atoms with Crippen LogP contribution in [0.25, 0.3) is 0 Å². The van der Waals surface area contributed by atoms with E-state index < -0.39 is 29.9 Å². The van der Waals surface area contributed by atoms with Gasteiger partial charge in [0, 0.05) is 22.5 Å². The number of rotatable bonds is 5. The van der Waals surface area contributed by atoms with Crippen molar-refractivity contribution in [2.24, 2.45) is 5.92 Å². The second-order valence-electron chi connectivity index (χ2n) is 7.70. The molecule has 1 heterocycles. The number of halogens is 1. The van der Waals surface area contributed by atoms with Crippen molar-refractivity contribution in [2.45, 2.75) is 24.9 Å². The number of carbonyl (C=O) groups is 2. The Morgan fingerprint density at radius 2 is 1.47 bits per heavy atom. The van der Waals surface area contributed by atoms with Crippen LogP contribution in [0.5, 0.6) is 0 Å². The Bertz CT molecular complexity index is 1050. The van der Waals surface area contributed by atoms with E-state index in [9.17, 15) is 14.7 Å². The maximum absolute atomic E-state index is 13.7. The summed E-state index contributed by atoms with van der Waals surface area (Å²) in [6.45, 7) is 1.98. The summed E-state index contributed by atoms with van der Waals surface area (Å²) in [6, 6.07) is 22.7. The number of hydrogen-bond acceptors (Lipinski definition) is 3. The molecule has 152 valence electrons. The second kappa shape index (κ2) is 8.42. The van der Waals surface area contributed by atoms with Gasteiger partial charge in [-0.05, 0) is 30.2 Å². The summed E-state index contributed by atoms with van der Waals surface area (Å²) in [5.74, 6) is -2.12. The molecule has 0 radical (unpaired) electrons. The van der Waals surface area contributed by atoms with Crippen LogP contribution < -0.4 is 5.32 Å². The minimum Gasteiger partial charge on any atom is -0.480 e. The lowest BCUT2D eigenvalue weighted by Gasteiger charge is -2.24. The van der Waals surface area contributed by atoms with Gasteiger partial charge in [-0.2, -0.15) is 0 Å². The normalized spacial score (nSPS) is 23.3. The lowest BCUT2D eigenvalue weighted by atomic mass is 9.76. The number of ketones is 1. The lowest BCUT2D eigenvalue weighted by molar-refractivity contribution is -0.139. The Kier molecular flexibility index (Phi) is 5.71. The fourth-order valence-electron chi connectivity index (χ4n) is 4.31. The first-order valence-corrected chi connectivity index (χ1v) is 10.2. The number of carboxylic acids is 1. The van der Waals surface area contributed by atoms with E-state index in [-0.39, 0.29) is 5.78 Å². The molecule has 0 amide bonds. The third-order valence-corrected chi connectivity index (χ3v) is 6.03. The van der Waals surface area contributed by atoms with Crippen molar-refractivity contribution in [2.75, 3.05) is 0 Å². The van der Waals surface area contributed by atoms with Crippen molar-refractivity contribution in [3.8, 4) is 0 Å². The topological polar surface area (TPSA) is 66.4 Å². The first kappa shape index (κ1) is 20.3. The van der Waals surface area contributed by atoms with Crippen LogP contribution in [-0.2, 0) is 4.79 Å². The van der Waals surface area contributed by atoms with Gasteiger partial charge in [-0.1, -0.05) is 83.9 Å². The molecule has 4 nitrogen and oxygen atoms in total. The molecule has 4 unspecified atom stereocenters. The average molecular weight is 420 g/mol. The third-order valence-electron chi connectivity index (χ3n) is 5.78. The predicted octanol–water partition coefficient (Wildman–Crippen LogP) is 5.03. The van der Waals surface area contributed by atoms with Crippen LogP contribution in [0, 0.1) is 12.8 Å². The average Bonchev–Trinajstić information content (AvgIpc) is 3.16. The van der Waals surface area contributed by atoms with Crippen molar-refractivity contribution < 1.29 is 14.7 Å². The van der Waals surface area contributed by atoms with Crippen LogP contribution in [0.15, 0.2) is 78.9 Å². The molecule has 5 heteroatoms. The highest BCUT2D eigenvalue weighted by Crippen LogP contribution is 2.45. The second-order valence-corrected chi connectivity index (χ2v) is 8.14. The summed E-state index contributed by atoms with van der Waals surface area (Å²) >= 11 is 6.05. The molecule has 0 saturated carbocycles. The van der Waals surface area contributed by atoms with E-state index in [1.807, 2.05) is 61.5 Å². The molecule has 3 aromatic carbocycles. The molecule has 1 aliphatic rings. The Morgan fingerprint density at radius 1 is 0.867 bits per heavy atom. The fraction of sp³-hybridized carbons (Fsp3) is 0.200. The van der Waals surface area contributed by atoms with E-state index in [0.29, 0.717) is 10.6 Å². The van der Waals surface area contributed by atoms with Crippen molar-refractivity contribution in [3.63, 3.8) is 0 Å². The summed E-state index contributed by atoms with van der Waals surface area (Å²) in [6.07, 6.45) is 0. The highest BCUT2D eigenvalue weighted by atomic mass is 35.5. The van der Waals surface area contributed by atoms with E-state index in [1.54, 1.807) is 24.3 Å². The molecule has 0 aliphatic carbocycles. The van der Waals surface area contributed by atoms with E-state index in [2.05, 4.69) is 5.32 Å². The zero-order valence-electron chi connectivity index (χ0n) is 16.5. The van der Waals surface area contributed by atoms with Gasteiger partial charge in [-0.3, -0.25) is 14.9 Å². The summed E-state index contributed by atoms with van der Waals surface area (Å²) < 4.78 is 0. The van der Waals surface area contributed by atoms with Crippen molar-refractivity contribution in [3.05, 3.63) is 106 Å². The molecular formula is C25H22ClNO3. The molecule has 3 aromatic rings. The van der Waals surface area contributed by atoms with Crippen LogP contribution in [0.4, 0.5) is 0 Å². The van der Waals surface area contributed by atoms with Gasteiger partial charge in [-0.15, -0.1) is 0 Å². The van der Waals surface area contributed by atoms with Crippen LogP contribution in [0.1, 0.15) is 39.0 Å². The predicted molar refractivity (Wildman–Crippen MR) is 117 cm³/mol. The zero-order valence-corrected chi connectivity index (χ0v) is 17.2. The van der Waals surface area contributed by atoms with Crippen molar-refractivity contribution in [1.82, 2.24) is 5.32 Å². The molecule has 0 spiro atoms. The number of Topliss-reactive ketones (excluding diaryl/α,β-unsaturated/α-hetero) is 1. The number of nitrogens with one attached hydrogen (secondary N) is 1. The molecule has 1 aliphatic heterocycles. The quantitative estimate of drug-likeness (QED) is 0.569. The molecule has 1 fully saturated rings. The minimum absolute atomic E-state index is 0.0719. The maximum atomic E-state index is 13.7. The molecule has 2 N–H and O–H groups in total. The smallest absolute Gasteiger partial charge is 0.321 e. The fourth-order valence-corrected chi connectivity index (χ4v) is 4.44. The van der Waals surface area contributed by atoms with Gasteiger partial charge < -0.3 is 5.11 Å². The third kappa shape index (κ3) is 3.89. The van der Waals surface area contributed by atoms with E-state index in [0.717, 1.165) is 16.7 Å². The summed E-state index contributed by atoms with van der Waals surface area (Å²) in [5, 5.41) is 13.8. The minimum atomic E-state index is -0.970. The molecule has 4 rings (SSSR count). The van der Waals surface area contributed by atoms with Gasteiger partial charge >= 0.3 is 5.97 Å². The highest BCUT2D eigenvalue weighted by Gasteiger charge is 2.50. The van der Waals surface area contributed by atoms with E-state index in [1.165, 1.54) is 0 Å². The van der Waals surface area contributed by atoms with Crippen LogP contribution in [0.3, 0.4) is 0 Å². The number of carbonyl (C=O) groups excluding carboxylic acids is 1. The Labute approximate surface area is 180 Å². The SMILES string of the molecule is Cc1ccc(C2C(C(=O)O)NC(c3ccc(Cl)cc3)C2C(=O)c2ccccc2)cc1. The lowest BCUT2D eigenvalue weighted by Crippen LogP contribution is -2.35. The summed E-state index contributed by atoms with van der Waals surface area (Å²) in [5.41, 5.74) is 3.34. The molecule has 30 heavy (non-hydrogen) atoms. The molecule has 1 saturated heterocycles. The van der Waals surface area contributed by atoms with Gasteiger partial charge in [0.15, 0.2) is 5.78 Å². The molecule has 0 bridgehead atoms. The summed E-state index contributed by atoms with van der Waals surface area (Å²) in [7, 11) is 0. The van der Waals surface area contributed by atoms with Crippen molar-refractivity contribution in [1.29, 1.82) is 0 Å². The maximum Gasteiger partial charge on any atom is 0.321 e. The largest absolute Gasteiger partial charge is 0.480 e. The van der Waals surface area contributed by atoms with Crippen LogP contribution in [0.2, 0.25) is 5.02 Å². The first-order valence-electron chi connectivity index (χ1n) is 9.86. The van der Waals surface area contributed by atoms with Gasteiger partial charge in [0.25, 0.3) is 0 Å². The Morgan fingerprint density at radius 3 is 2.07 bits per heavy atom. The van der Waals surface area contributed by atoms with Gasteiger partial charge in [-0.25, -0.2) is 0 Å². The number of aryl methyl sites for hydroxylation is 1. The number of benzene rings is 3. The van der Waals surface area contributed by atoms with Crippen LogP contribution in [-0.4, -0.2) is 22.9 Å². The first-order chi connectivity index (χ1) is 14.5. The molecule has 4 atom stereocenters. The van der Waals surface area contributed by atoms with Gasteiger partial charge in [0.1, 0.15) is 6.04 Å². The Balaban J connectivity index is 1.85. The number of carboxylic acid groups (broad SMARTS) is 1. The zero-order chi connectivity index (χ0) is 21.3. The van der Waals surface area contributed by atoms with Crippen molar-refractivity contribution >= 4 is 23.4 Å². The van der Waals surface area contributed by atoms with Gasteiger partial charge in [0.2, 0.25) is 0 Å². The Hall–Kier alpha value is -2.95. The van der Waals surface area contributed by atoms with E-state index in [4.69, 9.17) is 11.6 Å². The summed E-state index contributed by atoms with van der Waals surface area (Å²) in [4.78, 5) is 25.9. The number of hydrogen-bond donors (Lipinski definition) is 2. The molecule has 0 aromatic heterocycles. The number of aliphatic carboxylic acids is 1.